The Morgan fingerprint density at radius 1 is 0.778 bits per heavy atom. The number of hydrogen-bond acceptors (Lipinski definition) is 8. The number of likely N-dealkylation sites (N-methyl/N-ethyl adjacent to an activating group) is 2. The summed E-state index contributed by atoms with van der Waals surface area (Å²) < 4.78 is 46.1. The van der Waals surface area contributed by atoms with Crippen molar-refractivity contribution in [1.82, 2.24) is 9.80 Å². The maximum atomic E-state index is 14.1. The molecule has 9 rings (SSSR count). The summed E-state index contributed by atoms with van der Waals surface area (Å²) in [6, 6.07) is 25.1. The maximum absolute atomic E-state index is 14.1. The minimum absolute atomic E-state index is 0.0195. The molecule has 0 aliphatic carbocycles. The lowest BCUT2D eigenvalue weighted by Gasteiger charge is -2.37. The monoisotopic (exact) mass is 750 g/mol. The van der Waals surface area contributed by atoms with Crippen molar-refractivity contribution >= 4 is 11.6 Å². The van der Waals surface area contributed by atoms with Crippen LogP contribution in [0.3, 0.4) is 0 Å². The van der Waals surface area contributed by atoms with E-state index in [4.69, 9.17) is 35.3 Å². The Kier molecular flexibility index (Phi) is 10.2. The van der Waals surface area contributed by atoms with Crippen LogP contribution in [0.4, 0.5) is 4.39 Å². The molecule has 0 saturated heterocycles. The maximum Gasteiger partial charge on any atom is 0.204 e. The van der Waals surface area contributed by atoms with Gasteiger partial charge in [0.25, 0.3) is 0 Å². The predicted octanol–water partition coefficient (Wildman–Crippen LogP) is 9.01. The SMILES string of the molecule is COc1ccc2cc1Oc1ccc(cc1)C[C@H]1c3cc(c(CO)cc3CCN1C)Oc1c(OCc3ccc(F)c(Cl)c3)c(OC)cc3c1[C@H](C2)N(C)CC3. The topological polar surface area (TPSA) is 72.9 Å². The van der Waals surface area contributed by atoms with E-state index in [9.17, 15) is 9.50 Å². The van der Waals surface area contributed by atoms with Crippen LogP contribution in [-0.2, 0) is 38.9 Å². The number of ether oxygens (including phenoxy) is 5. The van der Waals surface area contributed by atoms with Gasteiger partial charge in [0.05, 0.1) is 25.8 Å². The second-order valence-electron chi connectivity index (χ2n) is 14.4. The van der Waals surface area contributed by atoms with Gasteiger partial charge in [0.2, 0.25) is 5.75 Å². The number of nitrogens with zero attached hydrogens (tertiary/aromatic N) is 2. The second-order valence-corrected chi connectivity index (χ2v) is 14.8. The number of aliphatic hydroxyl groups is 1. The van der Waals surface area contributed by atoms with Crippen LogP contribution in [0.2, 0.25) is 5.02 Å². The highest BCUT2D eigenvalue weighted by atomic mass is 35.5. The molecule has 6 bridgehead atoms. The zero-order chi connectivity index (χ0) is 37.5. The number of halogens is 2. The van der Waals surface area contributed by atoms with Crippen LogP contribution in [0.1, 0.15) is 56.6 Å². The Morgan fingerprint density at radius 2 is 1.50 bits per heavy atom. The molecule has 4 aliphatic rings. The van der Waals surface area contributed by atoms with Crippen molar-refractivity contribution in [2.75, 3.05) is 41.4 Å². The Balaban J connectivity index is 1.34. The minimum atomic E-state index is -0.496. The van der Waals surface area contributed by atoms with Crippen molar-refractivity contribution < 1.29 is 33.2 Å². The quantitative estimate of drug-likeness (QED) is 0.185. The van der Waals surface area contributed by atoms with Crippen LogP contribution >= 0.6 is 11.6 Å². The van der Waals surface area contributed by atoms with Crippen molar-refractivity contribution in [2.24, 2.45) is 0 Å². The van der Waals surface area contributed by atoms with E-state index in [1.807, 2.05) is 30.3 Å². The van der Waals surface area contributed by atoms with Gasteiger partial charge in [-0.05, 0) is 128 Å². The third-order valence-corrected chi connectivity index (χ3v) is 11.4. The van der Waals surface area contributed by atoms with E-state index in [2.05, 4.69) is 54.2 Å². The van der Waals surface area contributed by atoms with Gasteiger partial charge < -0.3 is 28.8 Å². The smallest absolute Gasteiger partial charge is 0.204 e. The molecule has 5 aromatic rings. The van der Waals surface area contributed by atoms with Gasteiger partial charge >= 0.3 is 0 Å². The van der Waals surface area contributed by atoms with Crippen molar-refractivity contribution in [3.8, 4) is 40.2 Å². The molecule has 0 saturated carbocycles. The molecular weight excluding hydrogens is 707 g/mol. The normalized spacial score (nSPS) is 18.1. The highest BCUT2D eigenvalue weighted by Gasteiger charge is 2.35. The minimum Gasteiger partial charge on any atom is -0.493 e. The van der Waals surface area contributed by atoms with Crippen LogP contribution < -0.4 is 23.7 Å². The van der Waals surface area contributed by atoms with Crippen LogP contribution in [-0.4, -0.2) is 56.3 Å². The van der Waals surface area contributed by atoms with Gasteiger partial charge in [-0.1, -0.05) is 35.9 Å². The van der Waals surface area contributed by atoms with E-state index in [1.165, 1.54) is 17.2 Å². The molecule has 0 unspecified atom stereocenters. The summed E-state index contributed by atoms with van der Waals surface area (Å²) in [5.74, 6) is 3.53. The molecule has 280 valence electrons. The summed E-state index contributed by atoms with van der Waals surface area (Å²) in [5.41, 5.74) is 8.03. The van der Waals surface area contributed by atoms with E-state index in [-0.39, 0.29) is 30.3 Å². The fourth-order valence-electron chi connectivity index (χ4n) is 8.06. The Labute approximate surface area is 320 Å². The molecule has 10 heteroatoms. The van der Waals surface area contributed by atoms with Crippen molar-refractivity contribution in [1.29, 1.82) is 0 Å². The molecule has 8 nitrogen and oxygen atoms in total. The predicted molar refractivity (Wildman–Crippen MR) is 206 cm³/mol. The summed E-state index contributed by atoms with van der Waals surface area (Å²) >= 11 is 6.17. The zero-order valence-electron chi connectivity index (χ0n) is 31.0. The number of methoxy groups -OCH3 is 2. The van der Waals surface area contributed by atoms with E-state index < -0.39 is 5.82 Å². The van der Waals surface area contributed by atoms with Crippen LogP contribution in [0.25, 0.3) is 0 Å². The number of fused-ring (bicyclic) bond motifs is 2. The molecule has 0 spiro atoms. The van der Waals surface area contributed by atoms with E-state index in [1.54, 1.807) is 26.4 Å². The Morgan fingerprint density at radius 3 is 2.24 bits per heavy atom. The molecule has 4 heterocycles. The van der Waals surface area contributed by atoms with Gasteiger partial charge in [0.1, 0.15) is 23.9 Å². The molecule has 0 radical (unpaired) electrons. The van der Waals surface area contributed by atoms with Crippen LogP contribution in [0, 0.1) is 5.82 Å². The summed E-state index contributed by atoms with van der Waals surface area (Å²) in [5, 5.41) is 10.8. The number of rotatable bonds is 6. The van der Waals surface area contributed by atoms with E-state index >= 15 is 0 Å². The fraction of sp³-hybridized carbons (Fsp3) is 0.318. The number of benzene rings is 5. The van der Waals surface area contributed by atoms with Crippen molar-refractivity contribution in [3.63, 3.8) is 0 Å². The zero-order valence-corrected chi connectivity index (χ0v) is 31.7. The summed E-state index contributed by atoms with van der Waals surface area (Å²) in [6.07, 6.45) is 3.02. The van der Waals surface area contributed by atoms with Crippen LogP contribution in [0.5, 0.6) is 40.2 Å². The first-order valence-electron chi connectivity index (χ1n) is 18.3. The first-order chi connectivity index (χ1) is 26.2. The Bertz CT molecular complexity index is 2190. The van der Waals surface area contributed by atoms with E-state index in [0.29, 0.717) is 52.0 Å². The van der Waals surface area contributed by atoms with Gasteiger partial charge in [-0.25, -0.2) is 4.39 Å². The van der Waals surface area contributed by atoms with E-state index in [0.717, 1.165) is 60.4 Å². The molecule has 4 aliphatic heterocycles. The van der Waals surface area contributed by atoms with Crippen LogP contribution in [0.15, 0.2) is 78.9 Å². The second kappa shape index (κ2) is 15.1. The highest BCUT2D eigenvalue weighted by Crippen LogP contribution is 2.51. The molecule has 0 aromatic heterocycles. The molecule has 5 aromatic carbocycles. The summed E-state index contributed by atoms with van der Waals surface area (Å²) in [7, 11) is 7.55. The average Bonchev–Trinajstić information content (AvgIpc) is 3.18. The van der Waals surface area contributed by atoms with Gasteiger partial charge in [-0.3, -0.25) is 9.80 Å². The lowest BCUT2D eigenvalue weighted by Crippen LogP contribution is -2.34. The largest absolute Gasteiger partial charge is 0.493 e. The molecular formula is C44H44ClFN2O6. The van der Waals surface area contributed by atoms with Gasteiger partial charge in [-0.15, -0.1) is 0 Å². The molecule has 0 fully saturated rings. The standard InChI is InChI=1S/C44H44ClFN2O6/c1-47-15-13-29-21-31(24-49)39-23-33(29)36(47)18-26-5-9-32(10-6-26)53-40-20-27(8-12-38(40)50-3)19-37-42-30(14-16-48(37)2)22-41(51-4)43(44(42)54-39)52-25-28-7-11-35(46)34(45)17-28/h5-12,17,20-23,36-37,49H,13-16,18-19,24-25H2,1-4H3/t36-,37-/m0/s1. The number of aliphatic hydroxyl groups excluding tert-OH is 1. The average molecular weight is 751 g/mol. The first kappa shape index (κ1) is 36.2. The molecule has 54 heavy (non-hydrogen) atoms. The highest BCUT2D eigenvalue weighted by molar-refractivity contribution is 6.30. The fourth-order valence-corrected chi connectivity index (χ4v) is 8.26. The lowest BCUT2D eigenvalue weighted by atomic mass is 9.86. The first-order valence-corrected chi connectivity index (χ1v) is 18.7. The van der Waals surface area contributed by atoms with Crippen molar-refractivity contribution in [3.05, 3.63) is 134 Å². The van der Waals surface area contributed by atoms with Crippen molar-refractivity contribution in [2.45, 2.75) is 51.0 Å². The summed E-state index contributed by atoms with van der Waals surface area (Å²) in [4.78, 5) is 4.71. The Hall–Kier alpha value is -4.80. The summed E-state index contributed by atoms with van der Waals surface area (Å²) in [6.45, 7) is 1.60. The third-order valence-electron chi connectivity index (χ3n) is 11.1. The van der Waals surface area contributed by atoms with Gasteiger partial charge in [0, 0.05) is 36.3 Å². The molecule has 0 amide bonds. The number of hydrogen-bond donors (Lipinski definition) is 1. The lowest BCUT2D eigenvalue weighted by molar-refractivity contribution is 0.216. The molecule has 1 N–H and O–H groups in total. The third kappa shape index (κ3) is 6.97. The van der Waals surface area contributed by atoms with Gasteiger partial charge in [-0.2, -0.15) is 0 Å². The van der Waals surface area contributed by atoms with Gasteiger partial charge in [0.15, 0.2) is 23.0 Å². The molecule has 2 atom stereocenters.